The van der Waals surface area contributed by atoms with Gasteiger partial charge in [-0.25, -0.2) is 14.6 Å². The second-order valence-electron chi connectivity index (χ2n) is 4.30. The molecule has 0 aliphatic carbocycles. The summed E-state index contributed by atoms with van der Waals surface area (Å²) in [5.74, 6) is 0.140. The van der Waals surface area contributed by atoms with E-state index in [9.17, 15) is 4.79 Å². The fourth-order valence-corrected chi connectivity index (χ4v) is 2.12. The summed E-state index contributed by atoms with van der Waals surface area (Å²) in [6.45, 7) is 0. The minimum Gasteiger partial charge on any atom is -0.319 e. The summed E-state index contributed by atoms with van der Waals surface area (Å²) in [6, 6.07) is 8.10. The van der Waals surface area contributed by atoms with Crippen molar-refractivity contribution in [1.82, 2.24) is 19.7 Å². The van der Waals surface area contributed by atoms with Crippen molar-refractivity contribution < 1.29 is 4.79 Å². The van der Waals surface area contributed by atoms with E-state index in [1.165, 1.54) is 23.4 Å². The lowest BCUT2D eigenvalue weighted by atomic mass is 10.2. The summed E-state index contributed by atoms with van der Waals surface area (Å²) in [7, 11) is 0. The maximum atomic E-state index is 12.3. The van der Waals surface area contributed by atoms with Crippen molar-refractivity contribution in [2.45, 2.75) is 0 Å². The van der Waals surface area contributed by atoms with Crippen LogP contribution in [0.4, 0.5) is 5.69 Å². The first-order chi connectivity index (χ1) is 10.6. The number of anilines is 1. The summed E-state index contributed by atoms with van der Waals surface area (Å²) in [4.78, 5) is 20.4. The van der Waals surface area contributed by atoms with Gasteiger partial charge >= 0.3 is 0 Å². The Hall–Kier alpha value is -2.44. The third kappa shape index (κ3) is 2.93. The van der Waals surface area contributed by atoms with Gasteiger partial charge in [-0.1, -0.05) is 23.2 Å². The number of carbonyl (C=O) groups is 1. The maximum absolute atomic E-state index is 12.3. The van der Waals surface area contributed by atoms with E-state index < -0.39 is 0 Å². The number of benzene rings is 1. The Morgan fingerprint density at radius 1 is 1.18 bits per heavy atom. The SMILES string of the molecule is O=C(Nc1cccnc1-n1cncn1)c1ccc(Cl)c(Cl)c1. The summed E-state index contributed by atoms with van der Waals surface area (Å²) < 4.78 is 1.46. The first kappa shape index (κ1) is 14.5. The molecule has 2 heterocycles. The van der Waals surface area contributed by atoms with Crippen molar-refractivity contribution in [2.75, 3.05) is 5.32 Å². The number of hydrogen-bond donors (Lipinski definition) is 1. The molecule has 0 atom stereocenters. The quantitative estimate of drug-likeness (QED) is 0.798. The molecule has 3 rings (SSSR count). The average Bonchev–Trinajstić information content (AvgIpc) is 3.04. The lowest BCUT2D eigenvalue weighted by molar-refractivity contribution is 0.102. The van der Waals surface area contributed by atoms with Crippen LogP contribution in [0, 0.1) is 0 Å². The molecular weight excluding hydrogens is 325 g/mol. The monoisotopic (exact) mass is 333 g/mol. The van der Waals surface area contributed by atoms with Crippen LogP contribution in [0.15, 0.2) is 49.2 Å². The Kier molecular flexibility index (Phi) is 4.04. The zero-order valence-electron chi connectivity index (χ0n) is 11.1. The Morgan fingerprint density at radius 3 is 2.77 bits per heavy atom. The Balaban J connectivity index is 1.90. The van der Waals surface area contributed by atoms with Gasteiger partial charge in [-0.3, -0.25) is 4.79 Å². The van der Waals surface area contributed by atoms with Crippen LogP contribution >= 0.6 is 23.2 Å². The molecule has 110 valence electrons. The van der Waals surface area contributed by atoms with Crippen LogP contribution in [0.5, 0.6) is 0 Å². The highest BCUT2D eigenvalue weighted by molar-refractivity contribution is 6.42. The number of nitrogens with one attached hydrogen (secondary N) is 1. The number of amides is 1. The molecule has 1 amide bonds. The smallest absolute Gasteiger partial charge is 0.255 e. The van der Waals surface area contributed by atoms with Crippen LogP contribution in [-0.4, -0.2) is 25.7 Å². The van der Waals surface area contributed by atoms with Crippen LogP contribution in [0.3, 0.4) is 0 Å². The van der Waals surface area contributed by atoms with Gasteiger partial charge in [0.2, 0.25) is 0 Å². The largest absolute Gasteiger partial charge is 0.319 e. The number of pyridine rings is 1. The van der Waals surface area contributed by atoms with Crippen LogP contribution in [-0.2, 0) is 0 Å². The van der Waals surface area contributed by atoms with E-state index in [4.69, 9.17) is 23.2 Å². The average molecular weight is 334 g/mol. The van der Waals surface area contributed by atoms with E-state index in [0.717, 1.165) is 0 Å². The first-order valence-electron chi connectivity index (χ1n) is 6.21. The van der Waals surface area contributed by atoms with Crippen LogP contribution in [0.25, 0.3) is 5.82 Å². The van der Waals surface area contributed by atoms with Crippen molar-refractivity contribution in [2.24, 2.45) is 0 Å². The molecule has 0 saturated carbocycles. The second kappa shape index (κ2) is 6.13. The molecule has 0 fully saturated rings. The number of aromatic nitrogens is 4. The number of hydrogen-bond acceptors (Lipinski definition) is 4. The number of nitrogens with zero attached hydrogens (tertiary/aromatic N) is 4. The molecule has 8 heteroatoms. The van der Waals surface area contributed by atoms with Gasteiger partial charge < -0.3 is 5.32 Å². The minimum atomic E-state index is -0.326. The lowest BCUT2D eigenvalue weighted by Crippen LogP contribution is -2.14. The topological polar surface area (TPSA) is 72.7 Å². The van der Waals surface area contributed by atoms with Gasteiger partial charge in [0.1, 0.15) is 12.7 Å². The van der Waals surface area contributed by atoms with E-state index in [-0.39, 0.29) is 5.91 Å². The van der Waals surface area contributed by atoms with E-state index in [1.54, 1.807) is 30.5 Å². The molecule has 0 radical (unpaired) electrons. The molecule has 0 saturated heterocycles. The highest BCUT2D eigenvalue weighted by Crippen LogP contribution is 2.23. The van der Waals surface area contributed by atoms with Gasteiger partial charge in [0.05, 0.1) is 15.7 Å². The van der Waals surface area contributed by atoms with Crippen LogP contribution < -0.4 is 5.32 Å². The number of carbonyl (C=O) groups excluding carboxylic acids is 1. The molecule has 0 spiro atoms. The van der Waals surface area contributed by atoms with Crippen molar-refractivity contribution >= 4 is 34.8 Å². The zero-order valence-corrected chi connectivity index (χ0v) is 12.6. The van der Waals surface area contributed by atoms with Crippen LogP contribution in [0.1, 0.15) is 10.4 Å². The molecule has 0 unspecified atom stereocenters. The third-order valence-electron chi connectivity index (χ3n) is 2.85. The molecule has 0 bridgehead atoms. The molecule has 1 N–H and O–H groups in total. The molecule has 22 heavy (non-hydrogen) atoms. The van der Waals surface area contributed by atoms with Crippen molar-refractivity contribution in [1.29, 1.82) is 0 Å². The summed E-state index contributed by atoms with van der Waals surface area (Å²) in [5.41, 5.74) is 0.895. The van der Waals surface area contributed by atoms with E-state index in [0.29, 0.717) is 27.1 Å². The molecule has 6 nitrogen and oxygen atoms in total. The van der Waals surface area contributed by atoms with Gasteiger partial charge in [0.25, 0.3) is 5.91 Å². The highest BCUT2D eigenvalue weighted by atomic mass is 35.5. The summed E-state index contributed by atoms with van der Waals surface area (Å²) >= 11 is 11.8. The Morgan fingerprint density at radius 2 is 2.05 bits per heavy atom. The lowest BCUT2D eigenvalue weighted by Gasteiger charge is -2.10. The van der Waals surface area contributed by atoms with E-state index in [1.807, 2.05) is 0 Å². The van der Waals surface area contributed by atoms with Gasteiger partial charge in [0, 0.05) is 11.8 Å². The van der Waals surface area contributed by atoms with Gasteiger partial charge in [-0.15, -0.1) is 0 Å². The van der Waals surface area contributed by atoms with Crippen LogP contribution in [0.2, 0.25) is 10.0 Å². The number of rotatable bonds is 3. The van der Waals surface area contributed by atoms with E-state index >= 15 is 0 Å². The van der Waals surface area contributed by atoms with Gasteiger partial charge in [-0.2, -0.15) is 5.10 Å². The molecule has 1 aromatic carbocycles. The Labute approximate surface area is 135 Å². The fourth-order valence-electron chi connectivity index (χ4n) is 1.83. The first-order valence-corrected chi connectivity index (χ1v) is 6.97. The predicted molar refractivity (Wildman–Crippen MR) is 83.6 cm³/mol. The molecule has 0 aliphatic rings. The van der Waals surface area contributed by atoms with Gasteiger partial charge in [0.15, 0.2) is 5.82 Å². The molecular formula is C14H9Cl2N5O. The number of halogens is 2. The van der Waals surface area contributed by atoms with Crippen molar-refractivity contribution in [3.05, 3.63) is 64.8 Å². The second-order valence-corrected chi connectivity index (χ2v) is 5.11. The standard InChI is InChI=1S/C14H9Cl2N5O/c15-10-4-3-9(6-11(10)16)14(22)20-12-2-1-5-18-13(12)21-8-17-7-19-21/h1-8H,(H,20,22). The molecule has 2 aromatic heterocycles. The van der Waals surface area contributed by atoms with E-state index in [2.05, 4.69) is 20.4 Å². The minimum absolute atomic E-state index is 0.317. The highest BCUT2D eigenvalue weighted by Gasteiger charge is 2.12. The van der Waals surface area contributed by atoms with Crippen molar-refractivity contribution in [3.63, 3.8) is 0 Å². The Bertz CT molecular complexity index is 820. The molecule has 3 aromatic rings. The van der Waals surface area contributed by atoms with Crippen molar-refractivity contribution in [3.8, 4) is 5.82 Å². The summed E-state index contributed by atoms with van der Waals surface area (Å²) in [5, 5.41) is 7.48. The summed E-state index contributed by atoms with van der Waals surface area (Å²) in [6.07, 6.45) is 4.49. The normalized spacial score (nSPS) is 10.5. The van der Waals surface area contributed by atoms with Gasteiger partial charge in [-0.05, 0) is 30.3 Å². The third-order valence-corrected chi connectivity index (χ3v) is 3.59. The molecule has 0 aliphatic heterocycles. The predicted octanol–water partition coefficient (Wildman–Crippen LogP) is 3.22. The zero-order chi connectivity index (χ0) is 15.5. The fraction of sp³-hybridized carbons (Fsp3) is 0. The maximum Gasteiger partial charge on any atom is 0.255 e.